The van der Waals surface area contributed by atoms with E-state index in [1.807, 2.05) is 13.8 Å². The number of amides is 2. The predicted octanol–water partition coefficient (Wildman–Crippen LogP) is 1.55. The molecule has 1 fully saturated rings. The van der Waals surface area contributed by atoms with Crippen molar-refractivity contribution in [3.05, 3.63) is 15.6 Å². The summed E-state index contributed by atoms with van der Waals surface area (Å²) in [5.41, 5.74) is 0.768. The number of nitrogens with one attached hydrogen (secondary N) is 2. The summed E-state index contributed by atoms with van der Waals surface area (Å²) >= 11 is 1.40. The molecule has 1 aliphatic heterocycles. The van der Waals surface area contributed by atoms with E-state index in [0.29, 0.717) is 17.8 Å². The van der Waals surface area contributed by atoms with Crippen LogP contribution >= 0.6 is 11.3 Å². The molecule has 104 valence electrons. The zero-order valence-corrected chi connectivity index (χ0v) is 12.1. The Morgan fingerprint density at radius 1 is 1.47 bits per heavy atom. The molecule has 2 rings (SSSR count). The van der Waals surface area contributed by atoms with Gasteiger partial charge in [0.2, 0.25) is 5.91 Å². The summed E-state index contributed by atoms with van der Waals surface area (Å²) < 4.78 is 0. The van der Waals surface area contributed by atoms with Crippen LogP contribution in [0.3, 0.4) is 0 Å². The van der Waals surface area contributed by atoms with Gasteiger partial charge in [-0.25, -0.2) is 4.98 Å². The van der Waals surface area contributed by atoms with Crippen molar-refractivity contribution in [3.63, 3.8) is 0 Å². The maximum atomic E-state index is 12.0. The molecule has 1 aliphatic rings. The molecule has 0 spiro atoms. The lowest BCUT2D eigenvalue weighted by molar-refractivity contribution is -0.121. The number of aryl methyl sites for hydroxylation is 2. The zero-order valence-electron chi connectivity index (χ0n) is 11.3. The van der Waals surface area contributed by atoms with Crippen molar-refractivity contribution in [3.8, 4) is 0 Å². The molecule has 0 bridgehead atoms. The first-order chi connectivity index (χ1) is 9.06. The molecular formula is C13H19N3O2S. The molecule has 19 heavy (non-hydrogen) atoms. The Labute approximate surface area is 116 Å². The van der Waals surface area contributed by atoms with Gasteiger partial charge in [0.05, 0.1) is 10.7 Å². The number of hydrogen-bond acceptors (Lipinski definition) is 4. The summed E-state index contributed by atoms with van der Waals surface area (Å²) in [6.45, 7) is 4.22. The highest BCUT2D eigenvalue weighted by Crippen LogP contribution is 2.17. The summed E-state index contributed by atoms with van der Waals surface area (Å²) in [7, 11) is 0. The first kappa shape index (κ1) is 14.0. The topological polar surface area (TPSA) is 71.1 Å². The Balaban J connectivity index is 1.89. The van der Waals surface area contributed by atoms with Crippen LogP contribution in [0.25, 0.3) is 0 Å². The van der Waals surface area contributed by atoms with Crippen LogP contribution in [0.4, 0.5) is 0 Å². The second-order valence-corrected chi connectivity index (χ2v) is 6.07. The molecule has 2 heterocycles. The Kier molecular flexibility index (Phi) is 4.52. The van der Waals surface area contributed by atoms with E-state index in [4.69, 9.17) is 0 Å². The highest BCUT2D eigenvalue weighted by atomic mass is 32.1. The van der Waals surface area contributed by atoms with Crippen LogP contribution in [0.15, 0.2) is 0 Å². The first-order valence-electron chi connectivity index (χ1n) is 6.58. The van der Waals surface area contributed by atoms with E-state index in [1.165, 1.54) is 11.3 Å². The third kappa shape index (κ3) is 3.76. The van der Waals surface area contributed by atoms with E-state index < -0.39 is 0 Å². The summed E-state index contributed by atoms with van der Waals surface area (Å²) in [4.78, 5) is 28.4. The van der Waals surface area contributed by atoms with Crippen molar-refractivity contribution in [1.82, 2.24) is 15.6 Å². The van der Waals surface area contributed by atoms with Gasteiger partial charge < -0.3 is 10.6 Å². The molecule has 5 nitrogen and oxygen atoms in total. The Morgan fingerprint density at radius 3 is 2.95 bits per heavy atom. The number of carbonyl (C=O) groups excluding carboxylic acids is 2. The molecule has 2 amide bonds. The minimum atomic E-state index is -0.0957. The minimum absolute atomic E-state index is 0.0493. The number of aromatic nitrogens is 1. The van der Waals surface area contributed by atoms with Crippen LogP contribution in [0.5, 0.6) is 0 Å². The lowest BCUT2D eigenvalue weighted by Gasteiger charge is -2.16. The van der Waals surface area contributed by atoms with Gasteiger partial charge in [-0.3, -0.25) is 9.59 Å². The van der Waals surface area contributed by atoms with Crippen molar-refractivity contribution in [2.75, 3.05) is 6.54 Å². The van der Waals surface area contributed by atoms with E-state index in [2.05, 4.69) is 15.6 Å². The highest BCUT2D eigenvalue weighted by molar-refractivity contribution is 7.13. The minimum Gasteiger partial charge on any atom is -0.352 e. The Morgan fingerprint density at radius 2 is 2.26 bits per heavy atom. The first-order valence-corrected chi connectivity index (χ1v) is 7.39. The summed E-state index contributed by atoms with van der Waals surface area (Å²) in [5, 5.41) is 6.72. The molecule has 1 aromatic heterocycles. The summed E-state index contributed by atoms with van der Waals surface area (Å²) in [6.07, 6.45) is 3.48. The molecule has 0 radical (unpaired) electrons. The van der Waals surface area contributed by atoms with Crippen LogP contribution in [0.1, 0.15) is 46.1 Å². The molecule has 2 N–H and O–H groups in total. The van der Waals surface area contributed by atoms with Crippen LogP contribution in [0.2, 0.25) is 0 Å². The predicted molar refractivity (Wildman–Crippen MR) is 74.3 cm³/mol. The summed E-state index contributed by atoms with van der Waals surface area (Å²) in [6, 6.07) is 0.0493. The monoisotopic (exact) mass is 281 g/mol. The van der Waals surface area contributed by atoms with Gasteiger partial charge in [-0.15, -0.1) is 11.3 Å². The maximum Gasteiger partial charge on any atom is 0.263 e. The van der Waals surface area contributed by atoms with E-state index >= 15 is 0 Å². The normalized spacial score (nSPS) is 19.7. The molecular weight excluding hydrogens is 262 g/mol. The Bertz CT molecular complexity index is 484. The van der Waals surface area contributed by atoms with Gasteiger partial charge in [0, 0.05) is 19.0 Å². The van der Waals surface area contributed by atoms with E-state index in [-0.39, 0.29) is 17.9 Å². The number of rotatable bonds is 3. The molecule has 1 aromatic rings. The van der Waals surface area contributed by atoms with Gasteiger partial charge in [-0.2, -0.15) is 0 Å². The highest BCUT2D eigenvalue weighted by Gasteiger charge is 2.19. The average molecular weight is 281 g/mol. The van der Waals surface area contributed by atoms with Crippen molar-refractivity contribution in [2.24, 2.45) is 0 Å². The summed E-state index contributed by atoms with van der Waals surface area (Å²) in [5.74, 6) is -0.0110. The van der Waals surface area contributed by atoms with Crippen LogP contribution in [0, 0.1) is 13.8 Å². The number of hydrogen-bond donors (Lipinski definition) is 2. The average Bonchev–Trinajstić information content (AvgIpc) is 2.57. The molecule has 0 aromatic carbocycles. The lowest BCUT2D eigenvalue weighted by Crippen LogP contribution is -2.42. The molecule has 1 saturated heterocycles. The third-order valence-electron chi connectivity index (χ3n) is 3.19. The van der Waals surface area contributed by atoms with Gasteiger partial charge in [0.1, 0.15) is 4.88 Å². The molecule has 0 saturated carbocycles. The zero-order chi connectivity index (χ0) is 13.8. The van der Waals surface area contributed by atoms with Gasteiger partial charge in [0.15, 0.2) is 0 Å². The second kappa shape index (κ2) is 6.14. The van der Waals surface area contributed by atoms with Crippen molar-refractivity contribution >= 4 is 23.2 Å². The lowest BCUT2D eigenvalue weighted by atomic mass is 10.1. The molecule has 0 aliphatic carbocycles. The number of nitrogens with zero attached hydrogens (tertiary/aromatic N) is 1. The smallest absolute Gasteiger partial charge is 0.263 e. The van der Waals surface area contributed by atoms with Crippen LogP contribution in [-0.2, 0) is 4.79 Å². The third-order valence-corrected chi connectivity index (χ3v) is 4.26. The van der Waals surface area contributed by atoms with Gasteiger partial charge in [-0.05, 0) is 26.7 Å². The van der Waals surface area contributed by atoms with Crippen LogP contribution in [-0.4, -0.2) is 29.4 Å². The fourth-order valence-electron chi connectivity index (χ4n) is 2.24. The van der Waals surface area contributed by atoms with E-state index in [0.717, 1.165) is 30.0 Å². The standard InChI is InChI=1S/C13H19N3O2S/c1-8-12(19-9(2)15-8)13(18)14-7-10-5-3-4-6-11(17)16-10/h10H,3-7H2,1-2H3,(H,14,18)(H,16,17). The van der Waals surface area contributed by atoms with Gasteiger partial charge in [-0.1, -0.05) is 6.42 Å². The fraction of sp³-hybridized carbons (Fsp3) is 0.615. The fourth-order valence-corrected chi connectivity index (χ4v) is 3.08. The molecule has 6 heteroatoms. The SMILES string of the molecule is Cc1nc(C)c(C(=O)NCC2CCCCC(=O)N2)s1. The number of carbonyl (C=O) groups is 2. The van der Waals surface area contributed by atoms with Gasteiger partial charge in [0.25, 0.3) is 5.91 Å². The van der Waals surface area contributed by atoms with Crippen molar-refractivity contribution < 1.29 is 9.59 Å². The van der Waals surface area contributed by atoms with Gasteiger partial charge >= 0.3 is 0 Å². The van der Waals surface area contributed by atoms with E-state index in [1.54, 1.807) is 0 Å². The molecule has 1 atom stereocenters. The molecule has 1 unspecified atom stereocenters. The second-order valence-electron chi connectivity index (χ2n) is 4.87. The maximum absolute atomic E-state index is 12.0. The Hall–Kier alpha value is -1.43. The largest absolute Gasteiger partial charge is 0.352 e. The van der Waals surface area contributed by atoms with E-state index in [9.17, 15) is 9.59 Å². The van der Waals surface area contributed by atoms with Crippen LogP contribution < -0.4 is 10.6 Å². The van der Waals surface area contributed by atoms with Crippen molar-refractivity contribution in [2.45, 2.75) is 45.6 Å². The van der Waals surface area contributed by atoms with Crippen molar-refractivity contribution in [1.29, 1.82) is 0 Å². The number of thiazole rings is 1. The quantitative estimate of drug-likeness (QED) is 0.883.